The highest BCUT2D eigenvalue weighted by Crippen LogP contribution is 2.08. The summed E-state index contributed by atoms with van der Waals surface area (Å²) in [4.78, 5) is 0. The van der Waals surface area contributed by atoms with Crippen molar-refractivity contribution in [1.82, 2.24) is 5.48 Å². The van der Waals surface area contributed by atoms with Gasteiger partial charge in [0, 0.05) is 4.47 Å². The molecular formula is C8H9BrN4O. The van der Waals surface area contributed by atoms with Crippen LogP contribution in [0.25, 0.3) is 0 Å². The molecule has 0 aromatic heterocycles. The molecule has 0 atom stereocenters. The molecule has 0 aliphatic rings. The first kappa shape index (κ1) is 10.7. The molecular weight excluding hydrogens is 248 g/mol. The van der Waals surface area contributed by atoms with Crippen LogP contribution in [0.2, 0.25) is 0 Å². The van der Waals surface area contributed by atoms with Gasteiger partial charge in [0.15, 0.2) is 0 Å². The summed E-state index contributed by atoms with van der Waals surface area (Å²) in [5, 5.41) is 15.4. The van der Waals surface area contributed by atoms with E-state index in [0.29, 0.717) is 0 Å². The summed E-state index contributed by atoms with van der Waals surface area (Å²) in [6.07, 6.45) is 1.52. The number of hydrogen-bond acceptors (Lipinski definition) is 3. The van der Waals surface area contributed by atoms with Crippen molar-refractivity contribution in [3.63, 3.8) is 0 Å². The smallest absolute Gasteiger partial charge is 0.237 e. The molecule has 0 fully saturated rings. The minimum absolute atomic E-state index is 0.154. The molecule has 0 heterocycles. The number of nitrogens with two attached hydrogens (primary N) is 1. The first-order valence-electron chi connectivity index (χ1n) is 3.74. The largest absolute Gasteiger partial charge is 0.367 e. The number of nitrogens with zero attached hydrogens (tertiary/aromatic N) is 2. The van der Waals surface area contributed by atoms with E-state index in [1.807, 2.05) is 24.3 Å². The van der Waals surface area contributed by atoms with Crippen LogP contribution in [0.3, 0.4) is 0 Å². The zero-order chi connectivity index (χ0) is 10.4. The summed E-state index contributed by atoms with van der Waals surface area (Å²) in [7, 11) is 0. The second-order valence-electron chi connectivity index (χ2n) is 2.39. The van der Waals surface area contributed by atoms with E-state index in [0.717, 1.165) is 10.0 Å². The zero-order valence-corrected chi connectivity index (χ0v) is 8.77. The minimum Gasteiger partial charge on any atom is -0.367 e. The van der Waals surface area contributed by atoms with Crippen molar-refractivity contribution in [2.45, 2.75) is 0 Å². The second kappa shape index (κ2) is 5.36. The molecule has 0 aliphatic heterocycles. The van der Waals surface area contributed by atoms with Gasteiger partial charge in [-0.15, -0.1) is 5.10 Å². The quantitative estimate of drug-likeness (QED) is 0.421. The van der Waals surface area contributed by atoms with Gasteiger partial charge in [0.25, 0.3) is 0 Å². The second-order valence-corrected chi connectivity index (χ2v) is 3.31. The maximum absolute atomic E-state index is 8.28. The van der Waals surface area contributed by atoms with E-state index in [4.69, 9.17) is 10.9 Å². The Morgan fingerprint density at radius 1 is 1.43 bits per heavy atom. The van der Waals surface area contributed by atoms with Crippen LogP contribution in [-0.2, 0) is 0 Å². The Labute approximate surface area is 89.4 Å². The van der Waals surface area contributed by atoms with E-state index in [1.54, 1.807) is 5.48 Å². The number of nitrogens with one attached hydrogen (secondary N) is 1. The van der Waals surface area contributed by atoms with Crippen LogP contribution in [-0.4, -0.2) is 17.4 Å². The molecule has 74 valence electrons. The van der Waals surface area contributed by atoms with Crippen LogP contribution in [0.5, 0.6) is 0 Å². The average molecular weight is 257 g/mol. The van der Waals surface area contributed by atoms with Crippen LogP contribution in [0.15, 0.2) is 38.9 Å². The third-order valence-electron chi connectivity index (χ3n) is 1.36. The molecule has 14 heavy (non-hydrogen) atoms. The van der Waals surface area contributed by atoms with Gasteiger partial charge in [-0.2, -0.15) is 5.10 Å². The molecule has 0 unspecified atom stereocenters. The maximum atomic E-state index is 8.28. The Morgan fingerprint density at radius 3 is 2.64 bits per heavy atom. The Morgan fingerprint density at radius 2 is 2.07 bits per heavy atom. The van der Waals surface area contributed by atoms with Gasteiger partial charge in [0.2, 0.25) is 5.96 Å². The molecule has 0 radical (unpaired) electrons. The number of rotatable bonds is 2. The predicted octanol–water partition coefficient (Wildman–Crippen LogP) is 1.08. The molecule has 1 rings (SSSR count). The van der Waals surface area contributed by atoms with Crippen LogP contribution in [0.1, 0.15) is 5.56 Å². The highest BCUT2D eigenvalue weighted by Gasteiger charge is 1.87. The summed E-state index contributed by atoms with van der Waals surface area (Å²) in [5.74, 6) is -0.154. The summed E-state index contributed by atoms with van der Waals surface area (Å²) in [5.41, 5.74) is 7.69. The lowest BCUT2D eigenvalue weighted by Gasteiger charge is -1.92. The fourth-order valence-corrected chi connectivity index (χ4v) is 0.993. The Hall–Kier alpha value is -1.40. The standard InChI is InChI=1S/C8H9BrN4O/c9-7-3-1-6(2-4-7)5-11-12-8(10)13-14/h1-5,14H,(H3,10,12,13). The van der Waals surface area contributed by atoms with E-state index >= 15 is 0 Å². The first-order chi connectivity index (χ1) is 6.72. The van der Waals surface area contributed by atoms with E-state index in [1.165, 1.54) is 6.21 Å². The van der Waals surface area contributed by atoms with Crippen molar-refractivity contribution in [3.05, 3.63) is 34.3 Å². The lowest BCUT2D eigenvalue weighted by atomic mass is 10.2. The van der Waals surface area contributed by atoms with Gasteiger partial charge in [-0.3, -0.25) is 5.21 Å². The lowest BCUT2D eigenvalue weighted by Crippen LogP contribution is -2.27. The van der Waals surface area contributed by atoms with Crippen molar-refractivity contribution in [2.24, 2.45) is 15.9 Å². The van der Waals surface area contributed by atoms with Crippen LogP contribution >= 0.6 is 15.9 Å². The van der Waals surface area contributed by atoms with E-state index in [9.17, 15) is 0 Å². The molecule has 0 amide bonds. The molecule has 1 aromatic rings. The summed E-state index contributed by atoms with van der Waals surface area (Å²) < 4.78 is 0.995. The molecule has 0 aliphatic carbocycles. The highest BCUT2D eigenvalue weighted by molar-refractivity contribution is 9.10. The minimum atomic E-state index is -0.154. The maximum Gasteiger partial charge on any atom is 0.237 e. The molecule has 0 bridgehead atoms. The van der Waals surface area contributed by atoms with E-state index in [-0.39, 0.29) is 5.96 Å². The van der Waals surface area contributed by atoms with Crippen molar-refractivity contribution < 1.29 is 5.21 Å². The summed E-state index contributed by atoms with van der Waals surface area (Å²) in [6.45, 7) is 0. The summed E-state index contributed by atoms with van der Waals surface area (Å²) >= 11 is 3.31. The Balaban J connectivity index is 2.65. The Bertz CT molecular complexity index is 347. The van der Waals surface area contributed by atoms with Gasteiger partial charge < -0.3 is 5.73 Å². The van der Waals surface area contributed by atoms with Crippen LogP contribution in [0.4, 0.5) is 0 Å². The third kappa shape index (κ3) is 3.55. The topological polar surface area (TPSA) is 83.0 Å². The normalized spacial score (nSPS) is 12.0. The molecule has 1 aromatic carbocycles. The number of hydroxylamine groups is 1. The lowest BCUT2D eigenvalue weighted by molar-refractivity contribution is 0.232. The van der Waals surface area contributed by atoms with Crippen molar-refractivity contribution in [1.29, 1.82) is 0 Å². The molecule has 0 saturated carbocycles. The zero-order valence-electron chi connectivity index (χ0n) is 7.18. The molecule has 0 spiro atoms. The van der Waals surface area contributed by atoms with E-state index in [2.05, 4.69) is 26.1 Å². The van der Waals surface area contributed by atoms with Gasteiger partial charge in [-0.25, -0.2) is 5.48 Å². The SMILES string of the molecule is NC(=NN=Cc1ccc(Br)cc1)NO. The fourth-order valence-electron chi connectivity index (χ4n) is 0.729. The van der Waals surface area contributed by atoms with Crippen LogP contribution in [0, 0.1) is 0 Å². The van der Waals surface area contributed by atoms with Gasteiger partial charge in [-0.05, 0) is 17.7 Å². The van der Waals surface area contributed by atoms with Gasteiger partial charge in [0.1, 0.15) is 0 Å². The third-order valence-corrected chi connectivity index (χ3v) is 1.89. The van der Waals surface area contributed by atoms with Crippen LogP contribution < -0.4 is 11.2 Å². The van der Waals surface area contributed by atoms with E-state index < -0.39 is 0 Å². The fraction of sp³-hybridized carbons (Fsp3) is 0. The van der Waals surface area contributed by atoms with Gasteiger partial charge in [-0.1, -0.05) is 28.1 Å². The first-order valence-corrected chi connectivity index (χ1v) is 4.54. The Kier molecular flexibility index (Phi) is 4.09. The number of halogens is 1. The molecule has 5 nitrogen and oxygen atoms in total. The average Bonchev–Trinajstić information content (AvgIpc) is 2.21. The summed E-state index contributed by atoms with van der Waals surface area (Å²) in [6, 6.07) is 7.51. The van der Waals surface area contributed by atoms with Gasteiger partial charge >= 0.3 is 0 Å². The molecule has 4 N–H and O–H groups in total. The van der Waals surface area contributed by atoms with Crippen molar-refractivity contribution in [3.8, 4) is 0 Å². The van der Waals surface area contributed by atoms with Gasteiger partial charge in [0.05, 0.1) is 6.21 Å². The predicted molar refractivity (Wildman–Crippen MR) is 58.3 cm³/mol. The number of hydrogen-bond donors (Lipinski definition) is 3. The molecule has 6 heteroatoms. The monoisotopic (exact) mass is 256 g/mol. The highest BCUT2D eigenvalue weighted by atomic mass is 79.9. The number of benzene rings is 1. The number of guanidine groups is 1. The van der Waals surface area contributed by atoms with Crippen molar-refractivity contribution >= 4 is 28.1 Å². The van der Waals surface area contributed by atoms with Crippen molar-refractivity contribution in [2.75, 3.05) is 0 Å². The molecule has 0 saturated heterocycles.